The van der Waals surface area contributed by atoms with E-state index < -0.39 is 0 Å². The molecular weight excluding hydrogens is 376 g/mol. The van der Waals surface area contributed by atoms with Crippen LogP contribution in [0.1, 0.15) is 58.8 Å². The molecule has 1 aliphatic heterocycles. The highest BCUT2D eigenvalue weighted by Gasteiger charge is 2.28. The van der Waals surface area contributed by atoms with Crippen molar-refractivity contribution < 1.29 is 9.21 Å². The van der Waals surface area contributed by atoms with Crippen molar-refractivity contribution in [3.63, 3.8) is 0 Å². The molecule has 0 aliphatic carbocycles. The third-order valence-electron chi connectivity index (χ3n) is 5.04. The number of thiophene rings is 2. The highest BCUT2D eigenvalue weighted by atomic mass is 32.1. The third-order valence-corrected chi connectivity index (χ3v) is 6.95. The van der Waals surface area contributed by atoms with E-state index in [1.54, 1.807) is 34.8 Å². The summed E-state index contributed by atoms with van der Waals surface area (Å²) in [5.74, 6) is 0.158. The van der Waals surface area contributed by atoms with E-state index >= 15 is 0 Å². The van der Waals surface area contributed by atoms with Gasteiger partial charge in [-0.2, -0.15) is 11.3 Å². The van der Waals surface area contributed by atoms with Crippen LogP contribution in [-0.2, 0) is 6.42 Å². The lowest BCUT2D eigenvalue weighted by Crippen LogP contribution is -2.34. The van der Waals surface area contributed by atoms with Gasteiger partial charge in [0.2, 0.25) is 0 Å². The number of aryl methyl sites for hydroxylation is 1. The maximum Gasteiger partial charge on any atom is 0.291 e. The van der Waals surface area contributed by atoms with Gasteiger partial charge in [-0.1, -0.05) is 13.3 Å². The third kappa shape index (κ3) is 4.03. The Kier molecular flexibility index (Phi) is 5.76. The van der Waals surface area contributed by atoms with Crippen LogP contribution in [0.2, 0.25) is 0 Å². The van der Waals surface area contributed by atoms with Crippen molar-refractivity contribution in [1.82, 2.24) is 4.90 Å². The number of rotatable bonds is 6. The number of likely N-dealkylation sites (tertiary alicyclic amines) is 1. The van der Waals surface area contributed by atoms with E-state index in [0.717, 1.165) is 24.5 Å². The van der Waals surface area contributed by atoms with E-state index in [2.05, 4.69) is 40.0 Å². The van der Waals surface area contributed by atoms with Crippen molar-refractivity contribution in [1.29, 1.82) is 0 Å². The minimum absolute atomic E-state index is 0.187. The van der Waals surface area contributed by atoms with Crippen LogP contribution < -0.4 is 5.32 Å². The second-order valence-corrected chi connectivity index (χ2v) is 8.75. The van der Waals surface area contributed by atoms with Gasteiger partial charge in [-0.15, -0.1) is 11.3 Å². The number of anilines is 1. The van der Waals surface area contributed by atoms with E-state index in [1.807, 2.05) is 0 Å². The fourth-order valence-corrected chi connectivity index (χ4v) is 5.40. The fraction of sp³-hybridized carbons (Fsp3) is 0.381. The zero-order chi connectivity index (χ0) is 18.6. The molecule has 1 aliphatic rings. The van der Waals surface area contributed by atoms with Crippen molar-refractivity contribution in [2.75, 3.05) is 18.4 Å². The number of piperidine rings is 1. The van der Waals surface area contributed by atoms with Gasteiger partial charge in [0, 0.05) is 10.4 Å². The van der Waals surface area contributed by atoms with Crippen LogP contribution in [0.4, 0.5) is 5.00 Å². The standard InChI is InChI=1S/C21H24N2O2S2/c1-2-16-13-17(21(27-16)22-20(24)18-7-6-11-25-18)19(15-8-12-26-14-15)23-9-4-3-5-10-23/h6-8,11-14,19H,2-5,9-10H2,1H3,(H,22,24)/t19-/m0/s1. The van der Waals surface area contributed by atoms with Crippen LogP contribution in [0.25, 0.3) is 0 Å². The molecule has 0 radical (unpaired) electrons. The average molecular weight is 401 g/mol. The first-order chi connectivity index (χ1) is 13.3. The SMILES string of the molecule is CCc1cc([C@H](c2ccsc2)N2CCCCC2)c(NC(=O)c2ccco2)s1. The summed E-state index contributed by atoms with van der Waals surface area (Å²) in [6, 6.07) is 8.12. The number of carbonyl (C=O) groups excluding carboxylic acids is 1. The average Bonchev–Trinajstić information content (AvgIpc) is 3.46. The molecule has 142 valence electrons. The molecule has 4 rings (SSSR count). The summed E-state index contributed by atoms with van der Waals surface area (Å²) in [5, 5.41) is 8.43. The van der Waals surface area contributed by atoms with E-state index in [1.165, 1.54) is 41.5 Å². The summed E-state index contributed by atoms with van der Waals surface area (Å²) >= 11 is 3.41. The van der Waals surface area contributed by atoms with E-state index in [-0.39, 0.29) is 11.9 Å². The van der Waals surface area contributed by atoms with Crippen LogP contribution in [-0.4, -0.2) is 23.9 Å². The van der Waals surface area contributed by atoms with Gasteiger partial charge < -0.3 is 9.73 Å². The molecule has 0 bridgehead atoms. The zero-order valence-electron chi connectivity index (χ0n) is 15.4. The molecule has 1 amide bonds. The van der Waals surface area contributed by atoms with Crippen LogP contribution >= 0.6 is 22.7 Å². The first-order valence-corrected chi connectivity index (χ1v) is 11.3. The molecule has 1 N–H and O–H groups in total. The molecule has 27 heavy (non-hydrogen) atoms. The summed E-state index contributed by atoms with van der Waals surface area (Å²) in [4.78, 5) is 16.5. The van der Waals surface area contributed by atoms with Gasteiger partial charge in [0.25, 0.3) is 5.91 Å². The lowest BCUT2D eigenvalue weighted by molar-refractivity contribution is 0.0996. The minimum atomic E-state index is -0.187. The fourth-order valence-electron chi connectivity index (χ4n) is 3.70. The quantitative estimate of drug-likeness (QED) is 0.569. The molecule has 0 saturated carbocycles. The van der Waals surface area contributed by atoms with Gasteiger partial charge in [-0.05, 0) is 72.9 Å². The van der Waals surface area contributed by atoms with Crippen LogP contribution in [0.5, 0.6) is 0 Å². The molecule has 0 unspecified atom stereocenters. The number of hydrogen-bond donors (Lipinski definition) is 1. The Balaban J connectivity index is 1.70. The molecule has 3 aromatic rings. The molecular formula is C21H24N2O2S2. The van der Waals surface area contributed by atoms with Crippen LogP contribution in [0.15, 0.2) is 45.7 Å². The van der Waals surface area contributed by atoms with Crippen LogP contribution in [0.3, 0.4) is 0 Å². The second kappa shape index (κ2) is 8.42. The number of nitrogens with one attached hydrogen (secondary N) is 1. The number of nitrogens with zero attached hydrogens (tertiary/aromatic N) is 1. The lowest BCUT2D eigenvalue weighted by Gasteiger charge is -2.34. The second-order valence-electron chi connectivity index (χ2n) is 6.84. The molecule has 0 aromatic carbocycles. The van der Waals surface area contributed by atoms with Crippen LogP contribution in [0, 0.1) is 0 Å². The molecule has 3 aromatic heterocycles. The summed E-state index contributed by atoms with van der Waals surface area (Å²) < 4.78 is 5.27. The number of amides is 1. The predicted octanol–water partition coefficient (Wildman–Crippen LogP) is 5.79. The van der Waals surface area contributed by atoms with Gasteiger partial charge in [-0.3, -0.25) is 9.69 Å². The monoisotopic (exact) mass is 400 g/mol. The number of furan rings is 1. The Bertz CT molecular complexity index is 862. The first kappa shape index (κ1) is 18.5. The molecule has 1 atom stereocenters. The summed E-state index contributed by atoms with van der Waals surface area (Å²) in [5.41, 5.74) is 2.52. The van der Waals surface area contributed by atoms with Crippen molar-refractivity contribution in [3.05, 3.63) is 63.1 Å². The van der Waals surface area contributed by atoms with Gasteiger partial charge in [-0.25, -0.2) is 0 Å². The van der Waals surface area contributed by atoms with Crippen molar-refractivity contribution >= 4 is 33.6 Å². The van der Waals surface area contributed by atoms with Crippen molar-refractivity contribution in [3.8, 4) is 0 Å². The summed E-state index contributed by atoms with van der Waals surface area (Å²) in [6.07, 6.45) is 6.27. The van der Waals surface area contributed by atoms with E-state index in [0.29, 0.717) is 5.76 Å². The van der Waals surface area contributed by atoms with E-state index in [9.17, 15) is 4.79 Å². The van der Waals surface area contributed by atoms with E-state index in [4.69, 9.17) is 4.42 Å². The Hall–Kier alpha value is -1.89. The Morgan fingerprint density at radius 1 is 1.30 bits per heavy atom. The predicted molar refractivity (Wildman–Crippen MR) is 112 cm³/mol. The smallest absolute Gasteiger partial charge is 0.291 e. The lowest BCUT2D eigenvalue weighted by atomic mass is 9.98. The summed E-state index contributed by atoms with van der Waals surface area (Å²) in [6.45, 7) is 4.36. The summed E-state index contributed by atoms with van der Waals surface area (Å²) in [7, 11) is 0. The molecule has 1 saturated heterocycles. The van der Waals surface area contributed by atoms with Crippen molar-refractivity contribution in [2.45, 2.75) is 38.6 Å². The van der Waals surface area contributed by atoms with Gasteiger partial charge in [0.05, 0.1) is 12.3 Å². The number of hydrogen-bond acceptors (Lipinski definition) is 5. The molecule has 6 heteroatoms. The minimum Gasteiger partial charge on any atom is -0.459 e. The Morgan fingerprint density at radius 2 is 2.15 bits per heavy atom. The highest BCUT2D eigenvalue weighted by Crippen LogP contribution is 2.41. The maximum absolute atomic E-state index is 12.6. The topological polar surface area (TPSA) is 45.5 Å². The molecule has 1 fully saturated rings. The molecule has 0 spiro atoms. The number of carbonyl (C=O) groups is 1. The van der Waals surface area contributed by atoms with Crippen molar-refractivity contribution in [2.24, 2.45) is 0 Å². The highest BCUT2D eigenvalue weighted by molar-refractivity contribution is 7.16. The van der Waals surface area contributed by atoms with Gasteiger partial charge in [0.1, 0.15) is 5.00 Å². The molecule has 4 nitrogen and oxygen atoms in total. The maximum atomic E-state index is 12.6. The van der Waals surface area contributed by atoms with Gasteiger partial charge >= 0.3 is 0 Å². The molecule has 4 heterocycles. The Morgan fingerprint density at radius 3 is 2.81 bits per heavy atom. The normalized spacial score (nSPS) is 16.3. The zero-order valence-corrected chi connectivity index (χ0v) is 17.1. The Labute approximate surface area is 167 Å². The first-order valence-electron chi connectivity index (χ1n) is 9.50. The largest absolute Gasteiger partial charge is 0.459 e. The van der Waals surface area contributed by atoms with Gasteiger partial charge in [0.15, 0.2) is 5.76 Å².